The predicted molar refractivity (Wildman–Crippen MR) is 71.8 cm³/mol. The highest BCUT2D eigenvalue weighted by atomic mass is 32.1. The lowest BCUT2D eigenvalue weighted by atomic mass is 10.1. The third kappa shape index (κ3) is 2.20. The number of hydrogen-bond acceptors (Lipinski definition) is 7. The van der Waals surface area contributed by atoms with E-state index in [1.165, 1.54) is 0 Å². The average Bonchev–Trinajstić information content (AvgIpc) is 2.91. The molecule has 7 nitrogen and oxygen atoms in total. The van der Waals surface area contributed by atoms with Crippen molar-refractivity contribution in [2.45, 2.75) is 0 Å². The summed E-state index contributed by atoms with van der Waals surface area (Å²) in [5.41, 5.74) is 6.07. The highest BCUT2D eigenvalue weighted by Gasteiger charge is 2.12. The van der Waals surface area contributed by atoms with Crippen LogP contribution in [0, 0.1) is 0 Å². The van der Waals surface area contributed by atoms with Gasteiger partial charge >= 0.3 is 0 Å². The van der Waals surface area contributed by atoms with Crippen LogP contribution in [0.2, 0.25) is 0 Å². The van der Waals surface area contributed by atoms with Gasteiger partial charge in [0.1, 0.15) is 11.5 Å². The number of carbonyl (C=O) groups is 1. The molecule has 1 aromatic carbocycles. The van der Waals surface area contributed by atoms with Crippen LogP contribution >= 0.6 is 11.5 Å². The Kier molecular flexibility index (Phi) is 2.76. The number of nitrogens with zero attached hydrogens (tertiary/aromatic N) is 4. The summed E-state index contributed by atoms with van der Waals surface area (Å²) < 4.78 is 3.56. The SMILES string of the molecule is Nc1nc(C(=O)Nc2nnns2)cc2ccccc12. The first-order valence-corrected chi connectivity index (χ1v) is 6.13. The van der Waals surface area contributed by atoms with E-state index in [9.17, 15) is 4.79 Å². The standard InChI is InChI=1S/C11H8N6OS/c12-9-7-4-2-1-3-6(7)5-8(13-9)10(18)14-11-15-16-17-19-11/h1-5H,(H2,12,13)(H,14,15,17,18). The maximum absolute atomic E-state index is 12.0. The van der Waals surface area contributed by atoms with E-state index < -0.39 is 5.91 Å². The summed E-state index contributed by atoms with van der Waals surface area (Å²) in [6, 6.07) is 9.14. The number of pyridine rings is 1. The molecule has 0 atom stereocenters. The topological polar surface area (TPSA) is 107 Å². The van der Waals surface area contributed by atoms with Gasteiger partial charge in [0.05, 0.1) is 0 Å². The van der Waals surface area contributed by atoms with Gasteiger partial charge < -0.3 is 5.73 Å². The van der Waals surface area contributed by atoms with Gasteiger partial charge in [0.2, 0.25) is 5.13 Å². The largest absolute Gasteiger partial charge is 0.383 e. The van der Waals surface area contributed by atoms with Crippen molar-refractivity contribution < 1.29 is 4.79 Å². The summed E-state index contributed by atoms with van der Waals surface area (Å²) in [4.78, 5) is 16.1. The number of nitrogen functional groups attached to an aromatic ring is 1. The van der Waals surface area contributed by atoms with Crippen LogP contribution in [0.1, 0.15) is 10.5 Å². The minimum absolute atomic E-state index is 0.228. The van der Waals surface area contributed by atoms with Crippen molar-refractivity contribution in [2.75, 3.05) is 11.1 Å². The van der Waals surface area contributed by atoms with Crippen molar-refractivity contribution in [3.63, 3.8) is 0 Å². The Balaban J connectivity index is 1.98. The molecule has 0 saturated carbocycles. The number of aromatic nitrogens is 4. The van der Waals surface area contributed by atoms with Gasteiger partial charge in [-0.3, -0.25) is 10.1 Å². The van der Waals surface area contributed by atoms with E-state index in [4.69, 9.17) is 5.73 Å². The molecule has 94 valence electrons. The summed E-state index contributed by atoms with van der Waals surface area (Å²) in [7, 11) is 0. The molecule has 0 spiro atoms. The molecule has 3 N–H and O–H groups in total. The number of amides is 1. The van der Waals surface area contributed by atoms with E-state index in [-0.39, 0.29) is 5.69 Å². The van der Waals surface area contributed by atoms with Crippen molar-refractivity contribution in [3.05, 3.63) is 36.0 Å². The summed E-state index contributed by atoms with van der Waals surface area (Å²) in [5.74, 6) is -0.0744. The molecular formula is C11H8N6OS. The molecule has 2 heterocycles. The third-order valence-corrected chi connectivity index (χ3v) is 3.03. The van der Waals surface area contributed by atoms with Crippen molar-refractivity contribution in [3.8, 4) is 0 Å². The fourth-order valence-corrected chi connectivity index (χ4v) is 2.05. The molecule has 0 bridgehead atoms. The van der Waals surface area contributed by atoms with Crippen LogP contribution in [-0.4, -0.2) is 25.7 Å². The summed E-state index contributed by atoms with van der Waals surface area (Å²) in [6.07, 6.45) is 0. The molecule has 0 aliphatic carbocycles. The van der Waals surface area contributed by atoms with Gasteiger partial charge in [-0.2, -0.15) is 0 Å². The quantitative estimate of drug-likeness (QED) is 0.728. The third-order valence-electron chi connectivity index (χ3n) is 2.52. The maximum atomic E-state index is 12.0. The second-order valence-corrected chi connectivity index (χ2v) is 4.47. The Morgan fingerprint density at radius 3 is 2.95 bits per heavy atom. The fraction of sp³-hybridized carbons (Fsp3) is 0. The van der Waals surface area contributed by atoms with E-state index in [0.29, 0.717) is 10.9 Å². The molecule has 0 saturated heterocycles. The highest BCUT2D eigenvalue weighted by molar-refractivity contribution is 7.09. The van der Waals surface area contributed by atoms with E-state index in [1.54, 1.807) is 6.07 Å². The predicted octanol–water partition coefficient (Wildman–Crippen LogP) is 1.32. The molecule has 2 aromatic heterocycles. The Morgan fingerprint density at radius 1 is 1.32 bits per heavy atom. The molecule has 0 aliphatic rings. The number of nitrogens with two attached hydrogens (primary N) is 1. The van der Waals surface area contributed by atoms with E-state index in [2.05, 4.69) is 25.1 Å². The number of benzene rings is 1. The maximum Gasteiger partial charge on any atom is 0.276 e. The lowest BCUT2D eigenvalue weighted by molar-refractivity contribution is 0.102. The van der Waals surface area contributed by atoms with Crippen LogP contribution in [-0.2, 0) is 0 Å². The van der Waals surface area contributed by atoms with Crippen molar-refractivity contribution in [1.82, 2.24) is 19.8 Å². The number of hydrogen-bond donors (Lipinski definition) is 2. The molecule has 3 aromatic rings. The Morgan fingerprint density at radius 2 is 2.16 bits per heavy atom. The highest BCUT2D eigenvalue weighted by Crippen LogP contribution is 2.20. The average molecular weight is 272 g/mol. The van der Waals surface area contributed by atoms with Gasteiger partial charge in [-0.25, -0.2) is 4.98 Å². The van der Waals surface area contributed by atoms with Crippen molar-refractivity contribution in [2.24, 2.45) is 0 Å². The van der Waals surface area contributed by atoms with Crippen molar-refractivity contribution >= 4 is 39.2 Å². The smallest absolute Gasteiger partial charge is 0.276 e. The minimum Gasteiger partial charge on any atom is -0.383 e. The van der Waals surface area contributed by atoms with E-state index in [1.807, 2.05) is 24.3 Å². The van der Waals surface area contributed by atoms with Crippen LogP contribution in [0.25, 0.3) is 10.8 Å². The Bertz CT molecular complexity index is 742. The monoisotopic (exact) mass is 272 g/mol. The molecule has 0 aliphatic heterocycles. The van der Waals surface area contributed by atoms with E-state index >= 15 is 0 Å². The molecule has 19 heavy (non-hydrogen) atoms. The van der Waals surface area contributed by atoms with Crippen molar-refractivity contribution in [1.29, 1.82) is 0 Å². The normalized spacial score (nSPS) is 10.5. The number of carbonyl (C=O) groups excluding carboxylic acids is 1. The number of rotatable bonds is 2. The summed E-state index contributed by atoms with van der Waals surface area (Å²) >= 11 is 0.991. The second-order valence-electron chi connectivity index (χ2n) is 3.74. The van der Waals surface area contributed by atoms with Gasteiger partial charge in [0.25, 0.3) is 5.91 Å². The molecular weight excluding hydrogens is 264 g/mol. The van der Waals surface area contributed by atoms with Crippen LogP contribution in [0.4, 0.5) is 10.9 Å². The van der Waals surface area contributed by atoms with E-state index in [0.717, 1.165) is 22.3 Å². The zero-order chi connectivity index (χ0) is 13.2. The molecule has 0 radical (unpaired) electrons. The number of anilines is 2. The second kappa shape index (κ2) is 4.58. The first kappa shape index (κ1) is 11.5. The van der Waals surface area contributed by atoms with Crippen LogP contribution in [0.15, 0.2) is 30.3 Å². The lowest BCUT2D eigenvalue weighted by Crippen LogP contribution is -2.14. The fourth-order valence-electron chi connectivity index (χ4n) is 1.69. The first-order valence-electron chi connectivity index (χ1n) is 5.36. The van der Waals surface area contributed by atoms with Crippen LogP contribution in [0.3, 0.4) is 0 Å². The first-order chi connectivity index (χ1) is 9.24. The van der Waals surface area contributed by atoms with Gasteiger partial charge in [-0.1, -0.05) is 33.9 Å². The zero-order valence-corrected chi connectivity index (χ0v) is 10.4. The Labute approximate surface area is 111 Å². The summed E-state index contributed by atoms with van der Waals surface area (Å²) in [5, 5.41) is 11.6. The van der Waals surface area contributed by atoms with Gasteiger partial charge in [0, 0.05) is 16.9 Å². The zero-order valence-electron chi connectivity index (χ0n) is 9.57. The Hall–Kier alpha value is -2.61. The molecule has 1 amide bonds. The molecule has 0 unspecified atom stereocenters. The van der Waals surface area contributed by atoms with Crippen LogP contribution in [0.5, 0.6) is 0 Å². The molecule has 8 heteroatoms. The van der Waals surface area contributed by atoms with Gasteiger partial charge in [-0.15, -0.1) is 0 Å². The lowest BCUT2D eigenvalue weighted by Gasteiger charge is -2.05. The number of nitrogens with one attached hydrogen (secondary N) is 1. The minimum atomic E-state index is -0.393. The van der Waals surface area contributed by atoms with Gasteiger partial charge in [-0.05, 0) is 16.7 Å². The van der Waals surface area contributed by atoms with Crippen LogP contribution < -0.4 is 11.1 Å². The van der Waals surface area contributed by atoms with Gasteiger partial charge in [0.15, 0.2) is 0 Å². The summed E-state index contributed by atoms with van der Waals surface area (Å²) in [6.45, 7) is 0. The number of fused-ring (bicyclic) bond motifs is 1. The molecule has 3 rings (SSSR count). The molecule has 0 fully saturated rings.